The summed E-state index contributed by atoms with van der Waals surface area (Å²) in [4.78, 5) is 0. The first-order valence-electron chi connectivity index (χ1n) is 4.66. The van der Waals surface area contributed by atoms with Gasteiger partial charge in [-0.1, -0.05) is 11.8 Å². The van der Waals surface area contributed by atoms with Gasteiger partial charge in [0, 0.05) is 19.4 Å². The van der Waals surface area contributed by atoms with Crippen LogP contribution in [0.25, 0.3) is 0 Å². The number of rotatable bonds is 3. The Kier molecular flexibility index (Phi) is 2.93. The fraction of sp³-hybridized carbons (Fsp3) is 0.750. The van der Waals surface area contributed by atoms with Crippen molar-refractivity contribution >= 4 is 17.7 Å². The Hall–Kier alpha value is -0.750. The normalized spacial score (nSPS) is 21.6. The molecule has 1 aliphatic rings. The van der Waals surface area contributed by atoms with Crippen molar-refractivity contribution in [2.24, 2.45) is 7.05 Å². The lowest BCUT2D eigenvalue weighted by atomic mass is 10.3. The van der Waals surface area contributed by atoms with Crippen LogP contribution in [0.1, 0.15) is 12.8 Å². The lowest BCUT2D eigenvalue weighted by Crippen LogP contribution is -2.08. The molecule has 0 amide bonds. The average molecular weight is 214 g/mol. The van der Waals surface area contributed by atoms with Crippen LogP contribution in [-0.2, 0) is 11.8 Å². The van der Waals surface area contributed by atoms with E-state index in [4.69, 9.17) is 10.5 Å². The molecule has 2 heterocycles. The minimum atomic E-state index is 0.373. The Labute approximate surface area is 87.0 Å². The molecule has 0 saturated carbocycles. The van der Waals surface area contributed by atoms with Crippen molar-refractivity contribution in [3.63, 3.8) is 0 Å². The summed E-state index contributed by atoms with van der Waals surface area (Å²) in [6.45, 7) is 0.895. The van der Waals surface area contributed by atoms with E-state index < -0.39 is 0 Å². The molecule has 0 radical (unpaired) electrons. The van der Waals surface area contributed by atoms with Gasteiger partial charge in [-0.3, -0.25) is 4.57 Å². The summed E-state index contributed by atoms with van der Waals surface area (Å²) in [7, 11) is 1.87. The van der Waals surface area contributed by atoms with Gasteiger partial charge in [-0.15, -0.1) is 10.2 Å². The van der Waals surface area contributed by atoms with Crippen LogP contribution in [0, 0.1) is 0 Å². The van der Waals surface area contributed by atoms with Crippen molar-refractivity contribution in [2.75, 3.05) is 18.1 Å². The van der Waals surface area contributed by atoms with Crippen molar-refractivity contribution < 1.29 is 4.74 Å². The molecule has 6 heteroatoms. The van der Waals surface area contributed by atoms with Crippen LogP contribution in [0.5, 0.6) is 0 Å². The number of aromatic nitrogens is 3. The summed E-state index contributed by atoms with van der Waals surface area (Å²) in [5.74, 6) is 1.39. The van der Waals surface area contributed by atoms with Gasteiger partial charge in [-0.25, -0.2) is 0 Å². The van der Waals surface area contributed by atoms with E-state index in [2.05, 4.69) is 10.2 Å². The first kappa shape index (κ1) is 9.79. The molecule has 0 bridgehead atoms. The molecule has 78 valence electrons. The molecule has 14 heavy (non-hydrogen) atoms. The number of anilines is 1. The topological polar surface area (TPSA) is 66.0 Å². The molecule has 0 spiro atoms. The maximum atomic E-state index is 5.57. The van der Waals surface area contributed by atoms with E-state index in [1.165, 1.54) is 6.42 Å². The van der Waals surface area contributed by atoms with E-state index >= 15 is 0 Å². The predicted octanol–water partition coefficient (Wildman–Crippen LogP) is 0.668. The zero-order valence-corrected chi connectivity index (χ0v) is 8.96. The third kappa shape index (κ3) is 2.01. The average Bonchev–Trinajstić information content (AvgIpc) is 2.77. The van der Waals surface area contributed by atoms with E-state index in [-0.39, 0.29) is 0 Å². The van der Waals surface area contributed by atoms with E-state index in [0.717, 1.165) is 23.9 Å². The van der Waals surface area contributed by atoms with Crippen molar-refractivity contribution in [3.05, 3.63) is 0 Å². The lowest BCUT2D eigenvalue weighted by molar-refractivity contribution is 0.129. The Morgan fingerprint density at radius 1 is 1.64 bits per heavy atom. The molecule has 0 aliphatic carbocycles. The minimum Gasteiger partial charge on any atom is -0.377 e. The minimum absolute atomic E-state index is 0.373. The summed E-state index contributed by atoms with van der Waals surface area (Å²) >= 11 is 1.65. The van der Waals surface area contributed by atoms with Gasteiger partial charge in [0.15, 0.2) is 5.16 Å². The smallest absolute Gasteiger partial charge is 0.222 e. The molecule has 1 atom stereocenters. The third-order valence-corrected chi connectivity index (χ3v) is 3.44. The van der Waals surface area contributed by atoms with Crippen LogP contribution in [0.15, 0.2) is 5.16 Å². The van der Waals surface area contributed by atoms with Crippen molar-refractivity contribution in [3.8, 4) is 0 Å². The lowest BCUT2D eigenvalue weighted by Gasteiger charge is -2.07. The molecule has 2 rings (SSSR count). The van der Waals surface area contributed by atoms with Gasteiger partial charge in [0.25, 0.3) is 0 Å². The number of hydrogen-bond acceptors (Lipinski definition) is 5. The van der Waals surface area contributed by atoms with Gasteiger partial charge in [0.1, 0.15) is 0 Å². The quantitative estimate of drug-likeness (QED) is 0.749. The second-order valence-electron chi connectivity index (χ2n) is 3.35. The predicted molar refractivity (Wildman–Crippen MR) is 55.1 cm³/mol. The van der Waals surface area contributed by atoms with Gasteiger partial charge < -0.3 is 10.5 Å². The fourth-order valence-electron chi connectivity index (χ4n) is 1.40. The van der Waals surface area contributed by atoms with Crippen LogP contribution >= 0.6 is 11.8 Å². The molecule has 0 aromatic carbocycles. The third-order valence-electron chi connectivity index (χ3n) is 2.29. The van der Waals surface area contributed by atoms with Gasteiger partial charge in [-0.05, 0) is 12.8 Å². The van der Waals surface area contributed by atoms with Crippen LogP contribution in [-0.4, -0.2) is 33.2 Å². The summed E-state index contributed by atoms with van der Waals surface area (Å²) in [5.41, 5.74) is 5.57. The maximum Gasteiger partial charge on any atom is 0.222 e. The van der Waals surface area contributed by atoms with E-state index in [1.807, 2.05) is 7.05 Å². The molecule has 1 saturated heterocycles. The molecule has 1 aromatic heterocycles. The van der Waals surface area contributed by atoms with Crippen LogP contribution in [0.3, 0.4) is 0 Å². The number of nitrogens with two attached hydrogens (primary N) is 1. The second-order valence-corrected chi connectivity index (χ2v) is 4.33. The zero-order chi connectivity index (χ0) is 9.97. The van der Waals surface area contributed by atoms with Crippen LogP contribution < -0.4 is 5.73 Å². The number of ether oxygens (including phenoxy) is 1. The fourth-order valence-corrected chi connectivity index (χ4v) is 2.38. The van der Waals surface area contributed by atoms with Crippen LogP contribution in [0.4, 0.5) is 5.95 Å². The molecular weight excluding hydrogens is 200 g/mol. The Morgan fingerprint density at radius 2 is 2.50 bits per heavy atom. The van der Waals surface area contributed by atoms with Gasteiger partial charge in [0.2, 0.25) is 5.95 Å². The van der Waals surface area contributed by atoms with E-state index in [0.29, 0.717) is 12.1 Å². The highest BCUT2D eigenvalue weighted by molar-refractivity contribution is 7.99. The maximum absolute atomic E-state index is 5.57. The molecule has 1 fully saturated rings. The van der Waals surface area contributed by atoms with Crippen LogP contribution in [0.2, 0.25) is 0 Å². The highest BCUT2D eigenvalue weighted by Crippen LogP contribution is 2.22. The number of hydrogen-bond donors (Lipinski definition) is 1. The Bertz CT molecular complexity index is 308. The summed E-state index contributed by atoms with van der Waals surface area (Å²) in [5, 5.41) is 8.62. The first-order valence-corrected chi connectivity index (χ1v) is 5.65. The first-order chi connectivity index (χ1) is 6.77. The monoisotopic (exact) mass is 214 g/mol. The van der Waals surface area contributed by atoms with Crippen molar-refractivity contribution in [2.45, 2.75) is 24.1 Å². The molecule has 1 unspecified atom stereocenters. The summed E-state index contributed by atoms with van der Waals surface area (Å²) in [6, 6.07) is 0. The number of nitrogen functional groups attached to an aromatic ring is 1. The zero-order valence-electron chi connectivity index (χ0n) is 8.14. The summed E-state index contributed by atoms with van der Waals surface area (Å²) < 4.78 is 7.30. The molecule has 1 aromatic rings. The highest BCUT2D eigenvalue weighted by atomic mass is 32.2. The second kappa shape index (κ2) is 4.18. The molecular formula is C8H14N4OS. The number of thioether (sulfide) groups is 1. The largest absolute Gasteiger partial charge is 0.377 e. The van der Waals surface area contributed by atoms with E-state index in [1.54, 1.807) is 16.3 Å². The van der Waals surface area contributed by atoms with Crippen molar-refractivity contribution in [1.29, 1.82) is 0 Å². The van der Waals surface area contributed by atoms with Gasteiger partial charge in [0.05, 0.1) is 6.10 Å². The standard InChI is InChI=1S/C8H14N4OS/c1-12-7(9)10-11-8(12)14-5-6-3-2-4-13-6/h6H,2-5H2,1H3,(H2,9,10). The molecule has 1 aliphatic heterocycles. The number of nitrogens with zero attached hydrogens (tertiary/aromatic N) is 3. The van der Waals surface area contributed by atoms with Gasteiger partial charge >= 0.3 is 0 Å². The molecule has 2 N–H and O–H groups in total. The SMILES string of the molecule is Cn1c(N)nnc1SCC1CCCO1. The summed E-state index contributed by atoms with van der Waals surface area (Å²) in [6.07, 6.45) is 2.70. The Morgan fingerprint density at radius 3 is 3.07 bits per heavy atom. The van der Waals surface area contributed by atoms with E-state index in [9.17, 15) is 0 Å². The van der Waals surface area contributed by atoms with Gasteiger partial charge in [-0.2, -0.15) is 0 Å². The molecule has 5 nitrogen and oxygen atoms in total. The highest BCUT2D eigenvalue weighted by Gasteiger charge is 2.17. The van der Waals surface area contributed by atoms with Crippen molar-refractivity contribution in [1.82, 2.24) is 14.8 Å². The Balaban J connectivity index is 1.88.